The number of nitrogens with zero attached hydrogens (tertiary/aromatic N) is 1. The van der Waals surface area contributed by atoms with Gasteiger partial charge in [0.1, 0.15) is 0 Å². The van der Waals surface area contributed by atoms with E-state index in [4.69, 9.17) is 0 Å². The number of amides is 2. The fourth-order valence-electron chi connectivity index (χ4n) is 1.50. The van der Waals surface area contributed by atoms with Crippen molar-refractivity contribution in [2.24, 2.45) is 5.92 Å². The highest BCUT2D eigenvalue weighted by molar-refractivity contribution is 5.75. The molecule has 0 aliphatic heterocycles. The minimum absolute atomic E-state index is 0.0428. The summed E-state index contributed by atoms with van der Waals surface area (Å²) in [7, 11) is 0. The van der Waals surface area contributed by atoms with Gasteiger partial charge in [-0.05, 0) is 40.5 Å². The van der Waals surface area contributed by atoms with Crippen molar-refractivity contribution in [3.63, 3.8) is 0 Å². The monoisotopic (exact) mass is 214 g/mol. The van der Waals surface area contributed by atoms with E-state index in [0.29, 0.717) is 5.92 Å². The lowest BCUT2D eigenvalue weighted by molar-refractivity contribution is 0.159. The molecule has 0 aromatic rings. The maximum Gasteiger partial charge on any atom is 0.318 e. The Kier molecular flexibility index (Phi) is 5.69. The molecule has 0 fully saturated rings. The van der Waals surface area contributed by atoms with Crippen LogP contribution in [0.1, 0.15) is 48.5 Å². The first-order valence-corrected chi connectivity index (χ1v) is 5.86. The third-order valence-electron chi connectivity index (χ3n) is 2.70. The minimum atomic E-state index is 0.0428. The Bertz CT molecular complexity index is 192. The maximum absolute atomic E-state index is 12.0. The van der Waals surface area contributed by atoms with Gasteiger partial charge in [0, 0.05) is 18.1 Å². The van der Waals surface area contributed by atoms with Crippen LogP contribution in [0.4, 0.5) is 4.79 Å². The van der Waals surface area contributed by atoms with E-state index in [2.05, 4.69) is 19.2 Å². The Balaban J connectivity index is 4.40. The second-order valence-electron chi connectivity index (χ2n) is 5.08. The molecule has 3 nitrogen and oxygen atoms in total. The fraction of sp³-hybridized carbons (Fsp3) is 0.917. The Morgan fingerprint density at radius 2 is 1.33 bits per heavy atom. The summed E-state index contributed by atoms with van der Waals surface area (Å²) < 4.78 is 0. The molecule has 1 atom stereocenters. The molecule has 90 valence electrons. The largest absolute Gasteiger partial charge is 0.335 e. The second kappa shape index (κ2) is 5.99. The van der Waals surface area contributed by atoms with Gasteiger partial charge < -0.3 is 10.2 Å². The highest BCUT2D eigenvalue weighted by Crippen LogP contribution is 2.07. The average molecular weight is 214 g/mol. The zero-order chi connectivity index (χ0) is 12.2. The van der Waals surface area contributed by atoms with Crippen LogP contribution in [0.5, 0.6) is 0 Å². The molecule has 0 heterocycles. The van der Waals surface area contributed by atoms with E-state index in [1.165, 1.54) is 0 Å². The van der Waals surface area contributed by atoms with Crippen molar-refractivity contribution < 1.29 is 4.79 Å². The van der Waals surface area contributed by atoms with Crippen molar-refractivity contribution in [1.29, 1.82) is 0 Å². The van der Waals surface area contributed by atoms with Crippen LogP contribution in [-0.4, -0.2) is 29.1 Å². The molecule has 0 unspecified atom stereocenters. The molecule has 3 heteroatoms. The number of hydrogen-bond acceptors (Lipinski definition) is 1. The fourth-order valence-corrected chi connectivity index (χ4v) is 1.50. The van der Waals surface area contributed by atoms with Gasteiger partial charge in [-0.3, -0.25) is 0 Å². The summed E-state index contributed by atoms with van der Waals surface area (Å²) in [6.07, 6.45) is 0. The molecule has 2 amide bonds. The van der Waals surface area contributed by atoms with Crippen LogP contribution < -0.4 is 5.32 Å². The molecule has 0 aromatic carbocycles. The van der Waals surface area contributed by atoms with Crippen LogP contribution in [0, 0.1) is 5.92 Å². The quantitative estimate of drug-likeness (QED) is 0.767. The topological polar surface area (TPSA) is 32.3 Å². The summed E-state index contributed by atoms with van der Waals surface area (Å²) in [4.78, 5) is 13.8. The SMILES string of the molecule is CC(C)[C@@H](C)NC(=O)N(C(C)C)C(C)C. The van der Waals surface area contributed by atoms with E-state index in [0.717, 1.165) is 0 Å². The normalized spacial score (nSPS) is 13.5. The Labute approximate surface area is 94.2 Å². The van der Waals surface area contributed by atoms with Gasteiger partial charge >= 0.3 is 6.03 Å². The molecule has 0 saturated heterocycles. The van der Waals surface area contributed by atoms with Crippen molar-refractivity contribution in [3.8, 4) is 0 Å². The van der Waals surface area contributed by atoms with Gasteiger partial charge in [-0.1, -0.05) is 13.8 Å². The molecule has 15 heavy (non-hydrogen) atoms. The summed E-state index contributed by atoms with van der Waals surface area (Å²) in [5, 5.41) is 3.03. The first kappa shape index (κ1) is 14.3. The molecule has 0 bridgehead atoms. The van der Waals surface area contributed by atoms with Crippen LogP contribution in [0.15, 0.2) is 0 Å². The molecular weight excluding hydrogens is 188 g/mol. The third-order valence-corrected chi connectivity index (χ3v) is 2.70. The molecule has 0 aliphatic carbocycles. The van der Waals surface area contributed by atoms with Crippen molar-refractivity contribution in [2.75, 3.05) is 0 Å². The summed E-state index contributed by atoms with van der Waals surface area (Å²) >= 11 is 0. The number of nitrogens with one attached hydrogen (secondary N) is 1. The van der Waals surface area contributed by atoms with Crippen LogP contribution in [0.2, 0.25) is 0 Å². The summed E-state index contributed by atoms with van der Waals surface area (Å²) in [5.74, 6) is 0.468. The zero-order valence-corrected chi connectivity index (χ0v) is 11.2. The van der Waals surface area contributed by atoms with Crippen molar-refractivity contribution in [1.82, 2.24) is 10.2 Å². The molecule has 0 aromatic heterocycles. The van der Waals surface area contributed by atoms with E-state index in [1.807, 2.05) is 39.5 Å². The molecule has 0 saturated carbocycles. The molecule has 0 rings (SSSR count). The zero-order valence-electron chi connectivity index (χ0n) is 11.2. The summed E-state index contributed by atoms with van der Waals surface area (Å²) in [5.41, 5.74) is 0. The number of hydrogen-bond donors (Lipinski definition) is 1. The molecule has 0 radical (unpaired) electrons. The molecule has 0 aliphatic rings. The van der Waals surface area contributed by atoms with Crippen LogP contribution in [0.25, 0.3) is 0 Å². The lowest BCUT2D eigenvalue weighted by Crippen LogP contribution is -2.51. The first-order valence-electron chi connectivity index (χ1n) is 5.86. The molecule has 0 spiro atoms. The standard InChI is InChI=1S/C12H26N2O/c1-8(2)11(7)13-12(15)14(9(3)4)10(5)6/h8-11H,1-7H3,(H,13,15)/t11-/m1/s1. The van der Waals surface area contributed by atoms with Crippen LogP contribution in [0.3, 0.4) is 0 Å². The van der Waals surface area contributed by atoms with E-state index < -0.39 is 0 Å². The number of rotatable bonds is 4. The Hall–Kier alpha value is -0.730. The predicted octanol–water partition coefficient (Wildman–Crippen LogP) is 2.86. The van der Waals surface area contributed by atoms with E-state index in [1.54, 1.807) is 0 Å². The lowest BCUT2D eigenvalue weighted by Gasteiger charge is -2.32. The Morgan fingerprint density at radius 1 is 0.933 bits per heavy atom. The number of carbonyl (C=O) groups is 1. The van der Waals surface area contributed by atoms with Crippen molar-refractivity contribution >= 4 is 6.03 Å². The molecule has 1 N–H and O–H groups in total. The first-order chi connectivity index (χ1) is 6.77. The average Bonchev–Trinajstić information content (AvgIpc) is 2.01. The van der Waals surface area contributed by atoms with E-state index in [-0.39, 0.29) is 24.2 Å². The van der Waals surface area contributed by atoms with E-state index >= 15 is 0 Å². The van der Waals surface area contributed by atoms with Crippen molar-refractivity contribution in [2.45, 2.75) is 66.6 Å². The van der Waals surface area contributed by atoms with Gasteiger partial charge in [0.15, 0.2) is 0 Å². The van der Waals surface area contributed by atoms with Gasteiger partial charge in [0.25, 0.3) is 0 Å². The maximum atomic E-state index is 12.0. The van der Waals surface area contributed by atoms with Crippen molar-refractivity contribution in [3.05, 3.63) is 0 Å². The van der Waals surface area contributed by atoms with Gasteiger partial charge in [-0.15, -0.1) is 0 Å². The van der Waals surface area contributed by atoms with Crippen LogP contribution in [-0.2, 0) is 0 Å². The lowest BCUT2D eigenvalue weighted by atomic mass is 10.1. The minimum Gasteiger partial charge on any atom is -0.335 e. The highest BCUT2D eigenvalue weighted by atomic mass is 16.2. The third kappa shape index (κ3) is 4.54. The molecular formula is C12H26N2O. The highest BCUT2D eigenvalue weighted by Gasteiger charge is 2.21. The second-order valence-corrected chi connectivity index (χ2v) is 5.08. The number of urea groups is 1. The Morgan fingerprint density at radius 3 is 1.60 bits per heavy atom. The number of carbonyl (C=O) groups excluding carboxylic acids is 1. The van der Waals surface area contributed by atoms with Gasteiger partial charge in [-0.2, -0.15) is 0 Å². The van der Waals surface area contributed by atoms with Gasteiger partial charge in [0.05, 0.1) is 0 Å². The summed E-state index contributed by atoms with van der Waals surface area (Å²) in [6, 6.07) is 0.743. The smallest absolute Gasteiger partial charge is 0.318 e. The predicted molar refractivity (Wildman–Crippen MR) is 64.9 cm³/mol. The van der Waals surface area contributed by atoms with Gasteiger partial charge in [-0.25, -0.2) is 4.79 Å². The van der Waals surface area contributed by atoms with E-state index in [9.17, 15) is 4.79 Å². The summed E-state index contributed by atoms with van der Waals surface area (Å²) in [6.45, 7) is 14.4. The van der Waals surface area contributed by atoms with Gasteiger partial charge in [0.2, 0.25) is 0 Å². The van der Waals surface area contributed by atoms with Crippen LogP contribution >= 0.6 is 0 Å².